The second-order valence-corrected chi connectivity index (χ2v) is 2.83. The first-order chi connectivity index (χ1) is 5.61. The van der Waals surface area contributed by atoms with Gasteiger partial charge in [-0.2, -0.15) is 0 Å². The average Bonchev–Trinajstić information content (AvgIpc) is 2.43. The van der Waals surface area contributed by atoms with Gasteiger partial charge in [0.15, 0.2) is 18.5 Å². The van der Waals surface area contributed by atoms with Crippen LogP contribution in [0.15, 0.2) is 0 Å². The van der Waals surface area contributed by atoms with E-state index in [1.165, 1.54) is 0 Å². The molecule has 0 radical (unpaired) electrons. The molecule has 0 aromatic heterocycles. The quantitative estimate of drug-likeness (QED) is 0.349. The second kappa shape index (κ2) is 2.40. The molecular weight excluding hydrogens is 168 g/mol. The zero-order valence-electron chi connectivity index (χ0n) is 5.95. The number of fused-ring (bicyclic) bond motifs is 1. The van der Waals surface area contributed by atoms with E-state index < -0.39 is 36.7 Å². The van der Waals surface area contributed by atoms with Crippen molar-refractivity contribution >= 4 is 5.97 Å². The fraction of sp³-hybridized carbons (Fsp3) is 0.833. The van der Waals surface area contributed by atoms with Gasteiger partial charge in [0, 0.05) is 0 Å². The lowest BCUT2D eigenvalue weighted by atomic mass is 10.1. The highest BCUT2D eigenvalue weighted by Gasteiger charge is 2.56. The molecular formula is C6H8O6. The lowest BCUT2D eigenvalue weighted by Gasteiger charge is -2.10. The maximum absolute atomic E-state index is 10.7. The van der Waals surface area contributed by atoms with E-state index in [0.29, 0.717) is 0 Å². The molecule has 0 aromatic carbocycles. The number of ether oxygens (including phenoxy) is 2. The van der Waals surface area contributed by atoms with Crippen LogP contribution in [-0.2, 0) is 14.3 Å². The standard InChI is InChI=1S/C6H8O6/c7-1-3-4(12-5(1)9)2(8)6(10)11-3/h1-5,7-9H/t1-,2-,3+,4+,5?/m1/s1. The molecule has 2 saturated heterocycles. The van der Waals surface area contributed by atoms with Crippen molar-refractivity contribution in [2.45, 2.75) is 30.7 Å². The molecule has 5 atom stereocenters. The van der Waals surface area contributed by atoms with E-state index in [1.54, 1.807) is 0 Å². The molecule has 6 nitrogen and oxygen atoms in total. The summed E-state index contributed by atoms with van der Waals surface area (Å²) in [6.45, 7) is 0. The summed E-state index contributed by atoms with van der Waals surface area (Å²) in [7, 11) is 0. The van der Waals surface area contributed by atoms with Crippen LogP contribution in [-0.4, -0.2) is 52.0 Å². The summed E-state index contributed by atoms with van der Waals surface area (Å²) >= 11 is 0. The maximum Gasteiger partial charge on any atom is 0.338 e. The Kier molecular flexibility index (Phi) is 1.58. The first kappa shape index (κ1) is 7.93. The molecule has 1 unspecified atom stereocenters. The number of hydrogen-bond acceptors (Lipinski definition) is 6. The van der Waals surface area contributed by atoms with E-state index in [0.717, 1.165) is 0 Å². The van der Waals surface area contributed by atoms with Crippen molar-refractivity contribution < 1.29 is 29.6 Å². The molecule has 3 N–H and O–H groups in total. The Morgan fingerprint density at radius 2 is 1.83 bits per heavy atom. The van der Waals surface area contributed by atoms with E-state index in [1.807, 2.05) is 0 Å². The van der Waals surface area contributed by atoms with Crippen LogP contribution in [0.3, 0.4) is 0 Å². The number of carbonyl (C=O) groups is 1. The lowest BCUT2D eigenvalue weighted by Crippen LogP contribution is -2.32. The molecule has 2 fully saturated rings. The van der Waals surface area contributed by atoms with Crippen LogP contribution in [0.5, 0.6) is 0 Å². The van der Waals surface area contributed by atoms with Gasteiger partial charge in [-0.05, 0) is 0 Å². The summed E-state index contributed by atoms with van der Waals surface area (Å²) in [6, 6.07) is 0. The van der Waals surface area contributed by atoms with Gasteiger partial charge in [-0.1, -0.05) is 0 Å². The van der Waals surface area contributed by atoms with Crippen LogP contribution < -0.4 is 0 Å². The van der Waals surface area contributed by atoms with Gasteiger partial charge in [0.25, 0.3) is 0 Å². The van der Waals surface area contributed by atoms with E-state index >= 15 is 0 Å². The Balaban J connectivity index is 2.19. The second-order valence-electron chi connectivity index (χ2n) is 2.83. The summed E-state index contributed by atoms with van der Waals surface area (Å²) < 4.78 is 9.25. The summed E-state index contributed by atoms with van der Waals surface area (Å²) in [5.74, 6) is -0.823. The third-order valence-electron chi connectivity index (χ3n) is 2.05. The van der Waals surface area contributed by atoms with Crippen molar-refractivity contribution in [3.8, 4) is 0 Å². The van der Waals surface area contributed by atoms with Gasteiger partial charge in [-0.3, -0.25) is 0 Å². The van der Waals surface area contributed by atoms with E-state index in [-0.39, 0.29) is 0 Å². The zero-order valence-corrected chi connectivity index (χ0v) is 5.95. The fourth-order valence-electron chi connectivity index (χ4n) is 1.40. The number of hydrogen-bond donors (Lipinski definition) is 3. The molecule has 0 spiro atoms. The molecule has 2 aliphatic rings. The third-order valence-corrected chi connectivity index (χ3v) is 2.05. The number of carbonyl (C=O) groups excluding carboxylic acids is 1. The Morgan fingerprint density at radius 3 is 2.42 bits per heavy atom. The first-order valence-electron chi connectivity index (χ1n) is 3.51. The van der Waals surface area contributed by atoms with Crippen molar-refractivity contribution in [2.75, 3.05) is 0 Å². The molecule has 12 heavy (non-hydrogen) atoms. The molecule has 6 heteroatoms. The van der Waals surface area contributed by atoms with Crippen LogP contribution in [0.4, 0.5) is 0 Å². The molecule has 0 bridgehead atoms. The molecule has 2 aliphatic heterocycles. The van der Waals surface area contributed by atoms with Crippen molar-refractivity contribution in [3.05, 3.63) is 0 Å². The summed E-state index contributed by atoms with van der Waals surface area (Å²) in [5, 5.41) is 27.2. The minimum atomic E-state index is -1.40. The smallest absolute Gasteiger partial charge is 0.338 e. The largest absolute Gasteiger partial charge is 0.454 e. The Morgan fingerprint density at radius 1 is 1.17 bits per heavy atom. The minimum Gasteiger partial charge on any atom is -0.454 e. The topological polar surface area (TPSA) is 96.2 Å². The summed E-state index contributed by atoms with van der Waals surface area (Å²) in [4.78, 5) is 10.7. The summed E-state index contributed by atoms with van der Waals surface area (Å²) in [5.41, 5.74) is 0. The molecule has 0 aromatic rings. The zero-order chi connectivity index (χ0) is 8.88. The number of rotatable bonds is 0. The Bertz CT molecular complexity index is 216. The van der Waals surface area contributed by atoms with Crippen molar-refractivity contribution in [1.82, 2.24) is 0 Å². The van der Waals surface area contributed by atoms with E-state index in [2.05, 4.69) is 9.47 Å². The van der Waals surface area contributed by atoms with Crippen LogP contribution in [0.1, 0.15) is 0 Å². The molecule has 2 heterocycles. The Labute approximate surface area is 67.3 Å². The van der Waals surface area contributed by atoms with Gasteiger partial charge in [0.2, 0.25) is 0 Å². The van der Waals surface area contributed by atoms with Crippen molar-refractivity contribution in [2.24, 2.45) is 0 Å². The molecule has 0 aliphatic carbocycles. The van der Waals surface area contributed by atoms with Gasteiger partial charge < -0.3 is 24.8 Å². The lowest BCUT2D eigenvalue weighted by molar-refractivity contribution is -0.168. The third kappa shape index (κ3) is 0.862. The molecule has 2 rings (SSSR count). The highest BCUT2D eigenvalue weighted by atomic mass is 16.7. The van der Waals surface area contributed by atoms with Crippen molar-refractivity contribution in [3.63, 3.8) is 0 Å². The van der Waals surface area contributed by atoms with Gasteiger partial charge in [0.05, 0.1) is 0 Å². The fourth-order valence-corrected chi connectivity index (χ4v) is 1.40. The normalized spacial score (nSPS) is 52.2. The number of aliphatic hydroxyl groups excluding tert-OH is 3. The van der Waals surface area contributed by atoms with E-state index in [4.69, 9.17) is 15.3 Å². The number of aliphatic hydroxyl groups is 3. The van der Waals surface area contributed by atoms with Crippen LogP contribution in [0.2, 0.25) is 0 Å². The highest BCUT2D eigenvalue weighted by molar-refractivity contribution is 5.78. The average molecular weight is 176 g/mol. The highest BCUT2D eigenvalue weighted by Crippen LogP contribution is 2.30. The molecule has 0 saturated carbocycles. The first-order valence-corrected chi connectivity index (χ1v) is 3.51. The Hall–Kier alpha value is -0.690. The SMILES string of the molecule is O=C1O[C@@H]2[C@@H](OC(O)[C@@H]2O)[C@H]1O. The predicted molar refractivity (Wildman–Crippen MR) is 32.8 cm³/mol. The number of esters is 1. The van der Waals surface area contributed by atoms with Gasteiger partial charge >= 0.3 is 5.97 Å². The molecule has 0 amide bonds. The van der Waals surface area contributed by atoms with Gasteiger partial charge in [0.1, 0.15) is 12.2 Å². The molecule has 68 valence electrons. The van der Waals surface area contributed by atoms with Gasteiger partial charge in [-0.15, -0.1) is 0 Å². The van der Waals surface area contributed by atoms with E-state index in [9.17, 15) is 4.79 Å². The monoisotopic (exact) mass is 176 g/mol. The predicted octanol–water partition coefficient (Wildman–Crippen LogP) is -2.65. The van der Waals surface area contributed by atoms with Crippen LogP contribution in [0.25, 0.3) is 0 Å². The summed E-state index contributed by atoms with van der Waals surface area (Å²) in [6.07, 6.45) is -5.94. The van der Waals surface area contributed by atoms with Crippen LogP contribution >= 0.6 is 0 Å². The maximum atomic E-state index is 10.7. The van der Waals surface area contributed by atoms with Crippen LogP contribution in [0, 0.1) is 0 Å². The van der Waals surface area contributed by atoms with Crippen molar-refractivity contribution in [1.29, 1.82) is 0 Å². The minimum absolute atomic E-state index is 0.823. The van der Waals surface area contributed by atoms with Gasteiger partial charge in [-0.25, -0.2) is 4.79 Å².